The molecule has 0 N–H and O–H groups in total. The fourth-order valence-electron chi connectivity index (χ4n) is 4.23. The van der Waals surface area contributed by atoms with Gasteiger partial charge in [-0.2, -0.15) is 4.52 Å². The van der Waals surface area contributed by atoms with Crippen molar-refractivity contribution in [2.45, 2.75) is 50.4 Å². The molecule has 2 aromatic heterocycles. The molecule has 0 aromatic carbocycles. The monoisotopic (exact) mass is 390 g/mol. The topological polar surface area (TPSA) is 66.6 Å². The lowest BCUT2D eigenvalue weighted by atomic mass is 9.94. The smallest absolute Gasteiger partial charge is 0.251 e. The molecule has 1 amide bonds. The Kier molecular flexibility index (Phi) is 4.21. The third-order valence-electron chi connectivity index (χ3n) is 6.19. The Bertz CT molecular complexity index is 878. The first-order chi connectivity index (χ1) is 13.5. The van der Waals surface area contributed by atoms with Gasteiger partial charge < -0.3 is 9.80 Å². The molecule has 0 radical (unpaired) electrons. The third-order valence-corrected chi connectivity index (χ3v) is 6.19. The van der Waals surface area contributed by atoms with E-state index in [0.29, 0.717) is 5.92 Å². The lowest BCUT2D eigenvalue weighted by Gasteiger charge is -2.37. The number of anilines is 1. The summed E-state index contributed by atoms with van der Waals surface area (Å²) in [6.45, 7) is 1.81. The number of hydrogen-bond donors (Lipinski definition) is 0. The Morgan fingerprint density at radius 1 is 1.00 bits per heavy atom. The maximum Gasteiger partial charge on any atom is 0.251 e. The normalized spacial score (nSPS) is 23.4. The van der Waals surface area contributed by atoms with Crippen LogP contribution in [-0.4, -0.2) is 62.7 Å². The van der Waals surface area contributed by atoms with E-state index in [1.807, 2.05) is 16.6 Å². The maximum absolute atomic E-state index is 13.3. The van der Waals surface area contributed by atoms with E-state index in [2.05, 4.69) is 15.1 Å². The van der Waals surface area contributed by atoms with Gasteiger partial charge in [0.15, 0.2) is 11.5 Å². The summed E-state index contributed by atoms with van der Waals surface area (Å²) in [7, 11) is 0. The van der Waals surface area contributed by atoms with Crippen molar-refractivity contribution in [3.63, 3.8) is 0 Å². The Balaban J connectivity index is 1.23. The second kappa shape index (κ2) is 6.63. The van der Waals surface area contributed by atoms with E-state index in [9.17, 15) is 13.6 Å². The molecule has 5 rings (SSSR count). The number of amides is 1. The SMILES string of the molecule is O=C(C1CCN(c2ccc3nnc(C4CC4)n3n2)CC1)N1CCC(F)(F)CC1. The van der Waals surface area contributed by atoms with Crippen LogP contribution in [0.15, 0.2) is 12.1 Å². The largest absolute Gasteiger partial charge is 0.355 e. The molecule has 3 aliphatic rings. The van der Waals surface area contributed by atoms with Crippen molar-refractivity contribution in [1.82, 2.24) is 24.7 Å². The number of nitrogens with zero attached hydrogens (tertiary/aromatic N) is 6. The second-order valence-electron chi connectivity index (χ2n) is 8.24. The molecule has 2 saturated heterocycles. The number of hydrogen-bond acceptors (Lipinski definition) is 5. The van der Waals surface area contributed by atoms with Crippen LogP contribution in [0.3, 0.4) is 0 Å². The molecule has 9 heteroatoms. The second-order valence-corrected chi connectivity index (χ2v) is 8.24. The number of aromatic nitrogens is 4. The molecule has 4 heterocycles. The van der Waals surface area contributed by atoms with Crippen molar-refractivity contribution in [2.75, 3.05) is 31.1 Å². The summed E-state index contributed by atoms with van der Waals surface area (Å²) >= 11 is 0. The minimum absolute atomic E-state index is 0.0355. The van der Waals surface area contributed by atoms with E-state index in [4.69, 9.17) is 5.10 Å². The highest BCUT2D eigenvalue weighted by Crippen LogP contribution is 2.39. The molecule has 0 atom stereocenters. The molecule has 3 fully saturated rings. The van der Waals surface area contributed by atoms with E-state index in [0.717, 1.165) is 56.1 Å². The van der Waals surface area contributed by atoms with Crippen molar-refractivity contribution in [3.05, 3.63) is 18.0 Å². The van der Waals surface area contributed by atoms with Crippen LogP contribution in [0.2, 0.25) is 0 Å². The van der Waals surface area contributed by atoms with Gasteiger partial charge in [-0.05, 0) is 37.8 Å². The van der Waals surface area contributed by atoms with Crippen molar-refractivity contribution in [3.8, 4) is 0 Å². The molecule has 0 bridgehead atoms. The lowest BCUT2D eigenvalue weighted by Crippen LogP contribution is -2.47. The highest BCUT2D eigenvalue weighted by atomic mass is 19.3. The van der Waals surface area contributed by atoms with E-state index in [-0.39, 0.29) is 37.8 Å². The van der Waals surface area contributed by atoms with Gasteiger partial charge in [0.1, 0.15) is 5.82 Å². The molecule has 1 aliphatic carbocycles. The van der Waals surface area contributed by atoms with Gasteiger partial charge in [-0.15, -0.1) is 15.3 Å². The summed E-state index contributed by atoms with van der Waals surface area (Å²) < 4.78 is 28.5. The van der Waals surface area contributed by atoms with Gasteiger partial charge in [0, 0.05) is 50.9 Å². The van der Waals surface area contributed by atoms with Gasteiger partial charge >= 0.3 is 0 Å². The van der Waals surface area contributed by atoms with E-state index in [1.165, 1.54) is 0 Å². The first-order valence-electron chi connectivity index (χ1n) is 10.1. The molecule has 0 spiro atoms. The number of likely N-dealkylation sites (tertiary alicyclic amines) is 1. The average Bonchev–Trinajstić information content (AvgIpc) is 3.46. The average molecular weight is 390 g/mol. The van der Waals surface area contributed by atoms with Crippen LogP contribution in [0.5, 0.6) is 0 Å². The molecule has 150 valence electrons. The number of carbonyl (C=O) groups excluding carboxylic acids is 1. The summed E-state index contributed by atoms with van der Waals surface area (Å²) in [4.78, 5) is 16.5. The fourth-order valence-corrected chi connectivity index (χ4v) is 4.23. The first-order valence-corrected chi connectivity index (χ1v) is 10.1. The molecular weight excluding hydrogens is 366 g/mol. The fraction of sp³-hybridized carbons (Fsp3) is 0.684. The molecule has 2 aliphatic heterocycles. The van der Waals surface area contributed by atoms with Crippen molar-refractivity contribution in [2.24, 2.45) is 5.92 Å². The van der Waals surface area contributed by atoms with Gasteiger partial charge in [-0.3, -0.25) is 4.79 Å². The standard InChI is InChI=1S/C19H24F2N6O/c20-19(21)7-11-26(12-8-19)18(28)14-5-9-25(10-6-14)16-4-3-15-22-23-17(13-1-2-13)27(15)24-16/h3-4,13-14H,1-2,5-12H2. The van der Waals surface area contributed by atoms with Crippen LogP contribution < -0.4 is 4.90 Å². The number of rotatable bonds is 3. The number of halogens is 2. The highest BCUT2D eigenvalue weighted by Gasteiger charge is 2.38. The van der Waals surface area contributed by atoms with Gasteiger partial charge in [0.2, 0.25) is 5.91 Å². The predicted octanol–water partition coefficient (Wildman–Crippen LogP) is 2.48. The van der Waals surface area contributed by atoms with Gasteiger partial charge in [0.25, 0.3) is 5.92 Å². The first kappa shape index (κ1) is 17.8. The van der Waals surface area contributed by atoms with Gasteiger partial charge in [-0.25, -0.2) is 8.78 Å². The quantitative estimate of drug-likeness (QED) is 0.806. The summed E-state index contributed by atoms with van der Waals surface area (Å²) in [5.74, 6) is -0.386. The Hall–Kier alpha value is -2.32. The number of alkyl halides is 2. The molecule has 28 heavy (non-hydrogen) atoms. The van der Waals surface area contributed by atoms with E-state index in [1.54, 1.807) is 4.90 Å². The highest BCUT2D eigenvalue weighted by molar-refractivity contribution is 5.79. The molecule has 1 saturated carbocycles. The Labute approximate surface area is 161 Å². The lowest BCUT2D eigenvalue weighted by molar-refractivity contribution is -0.142. The zero-order chi connectivity index (χ0) is 19.3. The van der Waals surface area contributed by atoms with E-state index < -0.39 is 5.92 Å². The Morgan fingerprint density at radius 3 is 2.39 bits per heavy atom. The summed E-state index contributed by atoms with van der Waals surface area (Å²) in [5, 5.41) is 13.2. The van der Waals surface area contributed by atoms with Crippen LogP contribution in [0.4, 0.5) is 14.6 Å². The van der Waals surface area contributed by atoms with Crippen LogP contribution in [0, 0.1) is 5.92 Å². The number of piperidine rings is 2. The zero-order valence-electron chi connectivity index (χ0n) is 15.7. The minimum Gasteiger partial charge on any atom is -0.355 e. The van der Waals surface area contributed by atoms with Crippen LogP contribution >= 0.6 is 0 Å². The van der Waals surface area contributed by atoms with Crippen molar-refractivity contribution >= 4 is 17.4 Å². The Morgan fingerprint density at radius 2 is 1.71 bits per heavy atom. The van der Waals surface area contributed by atoms with Crippen LogP contribution in [0.1, 0.15) is 50.3 Å². The van der Waals surface area contributed by atoms with Gasteiger partial charge in [0.05, 0.1) is 0 Å². The van der Waals surface area contributed by atoms with Gasteiger partial charge in [-0.1, -0.05) is 0 Å². The minimum atomic E-state index is -2.62. The van der Waals surface area contributed by atoms with Crippen LogP contribution in [0.25, 0.3) is 5.65 Å². The molecule has 2 aromatic rings. The van der Waals surface area contributed by atoms with Crippen LogP contribution in [-0.2, 0) is 4.79 Å². The summed E-state index contributed by atoms with van der Waals surface area (Å²) in [6.07, 6.45) is 3.30. The van der Waals surface area contributed by atoms with E-state index >= 15 is 0 Å². The summed E-state index contributed by atoms with van der Waals surface area (Å²) in [5.41, 5.74) is 0.762. The number of fused-ring (bicyclic) bond motifs is 1. The predicted molar refractivity (Wildman–Crippen MR) is 98.5 cm³/mol. The third kappa shape index (κ3) is 3.31. The molecule has 0 unspecified atom stereocenters. The van der Waals surface area contributed by atoms with Crippen molar-refractivity contribution in [1.29, 1.82) is 0 Å². The molecular formula is C19H24F2N6O. The summed E-state index contributed by atoms with van der Waals surface area (Å²) in [6, 6.07) is 3.89. The molecule has 7 nitrogen and oxygen atoms in total. The zero-order valence-corrected chi connectivity index (χ0v) is 15.7. The number of carbonyl (C=O) groups is 1. The van der Waals surface area contributed by atoms with Crippen molar-refractivity contribution < 1.29 is 13.6 Å². The maximum atomic E-state index is 13.3.